The molecule has 0 aliphatic carbocycles. The number of carbonyl (C=O) groups excluding carboxylic acids is 2. The molecule has 1 aliphatic heterocycles. The number of carbonyl (C=O) groups is 2. The van der Waals surface area contributed by atoms with Crippen LogP contribution in [0.1, 0.15) is 26.2 Å². The first-order chi connectivity index (χ1) is 12.5. The number of rotatable bonds is 5. The van der Waals surface area contributed by atoms with Crippen molar-refractivity contribution in [2.75, 3.05) is 5.32 Å². The van der Waals surface area contributed by atoms with E-state index >= 15 is 0 Å². The van der Waals surface area contributed by atoms with Crippen molar-refractivity contribution in [1.29, 1.82) is 0 Å². The molecule has 0 bridgehead atoms. The van der Waals surface area contributed by atoms with Gasteiger partial charge in [-0.25, -0.2) is 4.39 Å². The molecule has 136 valence electrons. The Morgan fingerprint density at radius 1 is 1.27 bits per heavy atom. The summed E-state index contributed by atoms with van der Waals surface area (Å²) in [6.07, 6.45) is 1.57. The standard InChI is InChI=1S/C20H21FN2O3/c1-2-15-10-13(11-19(24)22-15)20(25)23-17-8-3-4-9-18(17)26-16-7-5-6-14(21)12-16/h3-9,12-13,15H,2,10-11H2,1H3,(H,22,24)(H,23,25)/t13-,15+/m0/s1. The molecular weight excluding hydrogens is 335 g/mol. The van der Waals surface area contributed by atoms with Gasteiger partial charge in [0.1, 0.15) is 11.6 Å². The number of ether oxygens (including phenoxy) is 1. The Balaban J connectivity index is 1.73. The summed E-state index contributed by atoms with van der Waals surface area (Å²) in [6, 6.07) is 12.8. The zero-order valence-electron chi connectivity index (χ0n) is 14.5. The molecule has 2 aromatic carbocycles. The first-order valence-corrected chi connectivity index (χ1v) is 8.68. The SMILES string of the molecule is CC[C@@H]1C[C@H](C(=O)Nc2ccccc2Oc2cccc(F)c2)CC(=O)N1. The Morgan fingerprint density at radius 2 is 2.08 bits per heavy atom. The Kier molecular flexibility index (Phi) is 5.51. The quantitative estimate of drug-likeness (QED) is 0.855. The van der Waals surface area contributed by atoms with Crippen LogP contribution in [-0.4, -0.2) is 17.9 Å². The zero-order chi connectivity index (χ0) is 18.5. The van der Waals surface area contributed by atoms with E-state index in [1.54, 1.807) is 36.4 Å². The Bertz CT molecular complexity index is 809. The minimum atomic E-state index is -0.400. The molecule has 2 amide bonds. The van der Waals surface area contributed by atoms with E-state index in [4.69, 9.17) is 4.74 Å². The van der Waals surface area contributed by atoms with Crippen molar-refractivity contribution >= 4 is 17.5 Å². The van der Waals surface area contributed by atoms with Crippen LogP contribution < -0.4 is 15.4 Å². The Hall–Kier alpha value is -2.89. The molecule has 5 nitrogen and oxygen atoms in total. The van der Waals surface area contributed by atoms with Gasteiger partial charge in [0.25, 0.3) is 0 Å². The summed E-state index contributed by atoms with van der Waals surface area (Å²) in [5.41, 5.74) is 0.487. The maximum absolute atomic E-state index is 13.3. The number of hydrogen-bond acceptors (Lipinski definition) is 3. The second-order valence-corrected chi connectivity index (χ2v) is 6.35. The van der Waals surface area contributed by atoms with Crippen molar-refractivity contribution in [2.24, 2.45) is 5.92 Å². The molecule has 6 heteroatoms. The van der Waals surface area contributed by atoms with Crippen molar-refractivity contribution in [3.8, 4) is 11.5 Å². The van der Waals surface area contributed by atoms with E-state index in [0.717, 1.165) is 6.42 Å². The number of amides is 2. The zero-order valence-corrected chi connectivity index (χ0v) is 14.5. The summed E-state index contributed by atoms with van der Waals surface area (Å²) < 4.78 is 19.1. The second-order valence-electron chi connectivity index (χ2n) is 6.35. The summed E-state index contributed by atoms with van der Waals surface area (Å²) >= 11 is 0. The van der Waals surface area contributed by atoms with E-state index in [9.17, 15) is 14.0 Å². The van der Waals surface area contributed by atoms with Gasteiger partial charge in [0.05, 0.1) is 5.69 Å². The molecule has 0 radical (unpaired) electrons. The molecular formula is C20H21FN2O3. The third-order valence-corrected chi connectivity index (χ3v) is 4.40. The fraction of sp³-hybridized carbons (Fsp3) is 0.300. The van der Waals surface area contributed by atoms with Gasteiger partial charge in [-0.15, -0.1) is 0 Å². The molecule has 2 atom stereocenters. The largest absolute Gasteiger partial charge is 0.455 e. The van der Waals surface area contributed by atoms with Crippen LogP contribution in [0.5, 0.6) is 11.5 Å². The highest BCUT2D eigenvalue weighted by Gasteiger charge is 2.30. The number of nitrogens with one attached hydrogen (secondary N) is 2. The van der Waals surface area contributed by atoms with E-state index in [1.165, 1.54) is 12.1 Å². The van der Waals surface area contributed by atoms with Gasteiger partial charge in [-0.1, -0.05) is 25.1 Å². The smallest absolute Gasteiger partial charge is 0.228 e. The normalized spacial score (nSPS) is 19.5. The molecule has 1 heterocycles. The fourth-order valence-corrected chi connectivity index (χ4v) is 3.02. The lowest BCUT2D eigenvalue weighted by molar-refractivity contribution is -0.130. The molecule has 3 rings (SSSR count). The topological polar surface area (TPSA) is 67.4 Å². The van der Waals surface area contributed by atoms with Crippen LogP contribution in [0, 0.1) is 11.7 Å². The molecule has 2 aromatic rings. The van der Waals surface area contributed by atoms with Crippen LogP contribution in [0.25, 0.3) is 0 Å². The highest BCUT2D eigenvalue weighted by atomic mass is 19.1. The summed E-state index contributed by atoms with van der Waals surface area (Å²) in [5.74, 6) is -0.339. The van der Waals surface area contributed by atoms with Crippen LogP contribution in [0.2, 0.25) is 0 Å². The molecule has 26 heavy (non-hydrogen) atoms. The maximum Gasteiger partial charge on any atom is 0.228 e. The molecule has 0 unspecified atom stereocenters. The van der Waals surface area contributed by atoms with Crippen molar-refractivity contribution in [3.63, 3.8) is 0 Å². The van der Waals surface area contributed by atoms with Gasteiger partial charge in [0, 0.05) is 24.4 Å². The van der Waals surface area contributed by atoms with Crippen molar-refractivity contribution in [2.45, 2.75) is 32.2 Å². The molecule has 1 saturated heterocycles. The Morgan fingerprint density at radius 3 is 2.85 bits per heavy atom. The number of hydrogen-bond donors (Lipinski definition) is 2. The van der Waals surface area contributed by atoms with Gasteiger partial charge in [-0.3, -0.25) is 9.59 Å². The second kappa shape index (κ2) is 7.99. The fourth-order valence-electron chi connectivity index (χ4n) is 3.02. The van der Waals surface area contributed by atoms with E-state index in [1.807, 2.05) is 6.92 Å². The Labute approximate surface area is 151 Å². The van der Waals surface area contributed by atoms with E-state index in [-0.39, 0.29) is 30.2 Å². The van der Waals surface area contributed by atoms with Gasteiger partial charge < -0.3 is 15.4 Å². The number of anilines is 1. The maximum atomic E-state index is 13.3. The lowest BCUT2D eigenvalue weighted by Gasteiger charge is -2.28. The van der Waals surface area contributed by atoms with Crippen molar-refractivity contribution in [1.82, 2.24) is 5.32 Å². The number of piperidine rings is 1. The van der Waals surface area contributed by atoms with Crippen LogP contribution in [0.3, 0.4) is 0 Å². The van der Waals surface area contributed by atoms with Gasteiger partial charge >= 0.3 is 0 Å². The lowest BCUT2D eigenvalue weighted by Crippen LogP contribution is -2.45. The molecule has 1 aliphatic rings. The first kappa shape index (κ1) is 17.9. The van der Waals surface area contributed by atoms with E-state index < -0.39 is 5.82 Å². The van der Waals surface area contributed by atoms with Crippen LogP contribution in [0.15, 0.2) is 48.5 Å². The summed E-state index contributed by atoms with van der Waals surface area (Å²) in [7, 11) is 0. The van der Waals surface area contributed by atoms with Gasteiger partial charge in [0.2, 0.25) is 11.8 Å². The third kappa shape index (κ3) is 4.39. The lowest BCUT2D eigenvalue weighted by atomic mass is 9.90. The average Bonchev–Trinajstić information content (AvgIpc) is 2.63. The molecule has 2 N–H and O–H groups in total. The van der Waals surface area contributed by atoms with E-state index in [0.29, 0.717) is 23.6 Å². The van der Waals surface area contributed by atoms with E-state index in [2.05, 4.69) is 10.6 Å². The third-order valence-electron chi connectivity index (χ3n) is 4.40. The number of halogens is 1. The summed E-state index contributed by atoms with van der Waals surface area (Å²) in [4.78, 5) is 24.4. The van der Waals surface area contributed by atoms with Crippen LogP contribution >= 0.6 is 0 Å². The summed E-state index contributed by atoms with van der Waals surface area (Å²) in [5, 5.41) is 5.73. The summed E-state index contributed by atoms with van der Waals surface area (Å²) in [6.45, 7) is 1.98. The predicted molar refractivity (Wildman–Crippen MR) is 96.5 cm³/mol. The minimum absolute atomic E-state index is 0.0192. The molecule has 0 saturated carbocycles. The number of benzene rings is 2. The predicted octanol–water partition coefficient (Wildman–Crippen LogP) is 3.86. The van der Waals surface area contributed by atoms with Crippen LogP contribution in [-0.2, 0) is 9.59 Å². The van der Waals surface area contributed by atoms with Crippen LogP contribution in [0.4, 0.5) is 10.1 Å². The van der Waals surface area contributed by atoms with Gasteiger partial charge in [-0.05, 0) is 37.1 Å². The minimum Gasteiger partial charge on any atom is -0.455 e. The van der Waals surface area contributed by atoms with Crippen molar-refractivity contribution < 1.29 is 18.7 Å². The highest BCUT2D eigenvalue weighted by Crippen LogP contribution is 2.30. The molecule has 0 aromatic heterocycles. The molecule has 0 spiro atoms. The average molecular weight is 356 g/mol. The van der Waals surface area contributed by atoms with Gasteiger partial charge in [0.15, 0.2) is 5.75 Å². The number of para-hydroxylation sites is 2. The highest BCUT2D eigenvalue weighted by molar-refractivity contribution is 5.97. The van der Waals surface area contributed by atoms with Gasteiger partial charge in [-0.2, -0.15) is 0 Å². The van der Waals surface area contributed by atoms with Crippen molar-refractivity contribution in [3.05, 3.63) is 54.3 Å². The molecule has 1 fully saturated rings. The monoisotopic (exact) mass is 356 g/mol. The first-order valence-electron chi connectivity index (χ1n) is 8.68.